The maximum atomic E-state index is 13.8. The second-order valence-corrected chi connectivity index (χ2v) is 14.7. The van der Waals surface area contributed by atoms with Crippen molar-refractivity contribution in [3.8, 4) is 5.75 Å². The standard InChI is InChI=1S/C26H31N5O4S3/c1-18(32)17-35-20-12-19-13-22(26-28-15-21(36-26)16-31-8-10-37(33)11-9-31)29-25(19)23(14-20)30(2)38(3,34)24-6-4-5-7-27-24/h4-7,12-14,21,29H,3,8-11,15-17H2,1-2H3. The van der Waals surface area contributed by atoms with E-state index in [1.165, 1.54) is 6.92 Å². The Labute approximate surface area is 230 Å². The number of carbonyl (C=O) groups is 1. The number of Topliss-reactive ketones (excluding diaryl/α,β-unsaturated/α-hetero) is 1. The van der Waals surface area contributed by atoms with Crippen molar-refractivity contribution < 1.29 is 18.3 Å². The van der Waals surface area contributed by atoms with Crippen LogP contribution in [0, 0.1) is 0 Å². The first-order chi connectivity index (χ1) is 18.2. The zero-order valence-electron chi connectivity index (χ0n) is 21.4. The van der Waals surface area contributed by atoms with E-state index in [0.717, 1.165) is 59.3 Å². The van der Waals surface area contributed by atoms with Gasteiger partial charge in [-0.2, -0.15) is 0 Å². The molecule has 2 unspecified atom stereocenters. The molecule has 12 heteroatoms. The van der Waals surface area contributed by atoms with E-state index in [4.69, 9.17) is 9.73 Å². The molecule has 2 aromatic heterocycles. The summed E-state index contributed by atoms with van der Waals surface area (Å²) in [6.07, 6.45) is 1.60. The van der Waals surface area contributed by atoms with Crippen LogP contribution in [0.1, 0.15) is 12.6 Å². The van der Waals surface area contributed by atoms with Crippen molar-refractivity contribution in [2.24, 2.45) is 4.99 Å². The predicted octanol–water partition coefficient (Wildman–Crippen LogP) is 2.58. The number of hydrogen-bond donors (Lipinski definition) is 1. The number of thioether (sulfide) groups is 1. The van der Waals surface area contributed by atoms with E-state index in [1.807, 2.05) is 12.1 Å². The summed E-state index contributed by atoms with van der Waals surface area (Å²) >= 11 is 1.06. The molecule has 5 rings (SSSR count). The van der Waals surface area contributed by atoms with Gasteiger partial charge in [-0.3, -0.25) is 19.0 Å². The minimum Gasteiger partial charge on any atom is -0.616 e. The fourth-order valence-corrected chi connectivity index (χ4v) is 8.00. The van der Waals surface area contributed by atoms with Crippen LogP contribution in [0.3, 0.4) is 0 Å². The Morgan fingerprint density at radius 2 is 2.13 bits per heavy atom. The van der Waals surface area contributed by atoms with Crippen LogP contribution in [0.2, 0.25) is 0 Å². The summed E-state index contributed by atoms with van der Waals surface area (Å²) in [5.74, 6) is 5.90. The van der Waals surface area contributed by atoms with E-state index >= 15 is 0 Å². The summed E-state index contributed by atoms with van der Waals surface area (Å²) < 4.78 is 32.9. The second-order valence-electron chi connectivity index (χ2n) is 9.42. The molecule has 0 radical (unpaired) electrons. The van der Waals surface area contributed by atoms with Crippen LogP contribution in [-0.4, -0.2) is 96.9 Å². The van der Waals surface area contributed by atoms with Gasteiger partial charge in [-0.05, 0) is 37.1 Å². The molecule has 9 nitrogen and oxygen atoms in total. The largest absolute Gasteiger partial charge is 0.616 e. The second kappa shape index (κ2) is 11.3. The van der Waals surface area contributed by atoms with E-state index < -0.39 is 20.9 Å². The molecule has 0 aliphatic carbocycles. The van der Waals surface area contributed by atoms with Crippen molar-refractivity contribution in [2.75, 3.05) is 55.6 Å². The molecule has 2 atom stereocenters. The number of nitrogens with zero attached hydrogens (tertiary/aromatic N) is 4. The van der Waals surface area contributed by atoms with Gasteiger partial charge in [-0.25, -0.2) is 9.19 Å². The van der Waals surface area contributed by atoms with E-state index in [1.54, 1.807) is 53.6 Å². The fraction of sp³-hybridized carbons (Fsp3) is 0.385. The van der Waals surface area contributed by atoms with Gasteiger partial charge in [0.15, 0.2) is 5.78 Å². The topological polar surface area (TPSA) is 114 Å². The van der Waals surface area contributed by atoms with Crippen LogP contribution >= 0.6 is 11.8 Å². The van der Waals surface area contributed by atoms with E-state index in [0.29, 0.717) is 21.7 Å². The lowest BCUT2D eigenvalue weighted by Crippen LogP contribution is -2.43. The van der Waals surface area contributed by atoms with Crippen molar-refractivity contribution in [1.29, 1.82) is 0 Å². The monoisotopic (exact) mass is 573 g/mol. The normalized spacial score (nSPS) is 20.3. The molecule has 1 N–H and O–H groups in total. The zero-order valence-corrected chi connectivity index (χ0v) is 23.9. The third-order valence-electron chi connectivity index (χ3n) is 6.55. The molecule has 1 aromatic carbocycles. The smallest absolute Gasteiger partial charge is 0.167 e. The first kappa shape index (κ1) is 27.1. The third kappa shape index (κ3) is 5.89. The van der Waals surface area contributed by atoms with Gasteiger partial charge in [0.25, 0.3) is 0 Å². The maximum Gasteiger partial charge on any atom is 0.167 e. The molecule has 1 saturated heterocycles. The van der Waals surface area contributed by atoms with Crippen molar-refractivity contribution in [3.05, 3.63) is 48.3 Å². The van der Waals surface area contributed by atoms with Crippen LogP contribution in [0.15, 0.2) is 52.6 Å². The highest BCUT2D eigenvalue weighted by Crippen LogP contribution is 2.36. The molecule has 202 valence electrons. The Morgan fingerprint density at radius 3 is 2.84 bits per heavy atom. The van der Waals surface area contributed by atoms with Gasteiger partial charge in [0.1, 0.15) is 33.9 Å². The Morgan fingerprint density at radius 1 is 1.34 bits per heavy atom. The first-order valence-electron chi connectivity index (χ1n) is 12.3. The molecule has 0 saturated carbocycles. The molecule has 0 spiro atoms. The Bertz CT molecular complexity index is 1450. The number of anilines is 1. The molecular weight excluding hydrogens is 543 g/mol. The van der Waals surface area contributed by atoms with E-state index in [2.05, 4.69) is 20.7 Å². The molecule has 38 heavy (non-hydrogen) atoms. The minimum absolute atomic E-state index is 0.0553. The number of benzene rings is 1. The lowest BCUT2D eigenvalue weighted by molar-refractivity contribution is -0.118. The predicted molar refractivity (Wildman–Crippen MR) is 158 cm³/mol. The summed E-state index contributed by atoms with van der Waals surface area (Å²) in [6.45, 7) is 4.79. The van der Waals surface area contributed by atoms with E-state index in [-0.39, 0.29) is 12.4 Å². The average Bonchev–Trinajstić information content (AvgIpc) is 3.55. The molecule has 0 bridgehead atoms. The Balaban J connectivity index is 1.43. The van der Waals surface area contributed by atoms with Gasteiger partial charge >= 0.3 is 0 Å². The number of H-pyrrole nitrogens is 1. The number of hydrogen-bond acceptors (Lipinski definition) is 8. The number of nitrogens with one attached hydrogen (secondary N) is 1. The summed E-state index contributed by atoms with van der Waals surface area (Å²) in [6, 6.07) is 10.9. The fourth-order valence-electron chi connectivity index (χ4n) is 4.47. The Hall–Kier alpha value is -2.51. The molecular formula is C26H31N5O4S3. The van der Waals surface area contributed by atoms with Gasteiger partial charge in [0.05, 0.1) is 33.2 Å². The first-order valence-corrected chi connectivity index (χ1v) is 16.4. The summed E-state index contributed by atoms with van der Waals surface area (Å²) in [4.78, 5) is 26.5. The highest BCUT2D eigenvalue weighted by atomic mass is 32.2. The minimum atomic E-state index is -2.95. The van der Waals surface area contributed by atoms with Gasteiger partial charge in [0, 0.05) is 49.6 Å². The Kier molecular flexibility index (Phi) is 8.06. The van der Waals surface area contributed by atoms with Gasteiger partial charge in [-0.1, -0.05) is 29.0 Å². The van der Waals surface area contributed by atoms with Gasteiger partial charge < -0.3 is 14.3 Å². The van der Waals surface area contributed by atoms with Crippen molar-refractivity contribution in [1.82, 2.24) is 14.9 Å². The van der Waals surface area contributed by atoms with Crippen LogP contribution in [0.5, 0.6) is 5.75 Å². The number of ether oxygens (including phenoxy) is 1. The highest BCUT2D eigenvalue weighted by molar-refractivity contribution is 8.15. The van der Waals surface area contributed by atoms with Crippen molar-refractivity contribution in [3.63, 3.8) is 0 Å². The SMILES string of the molecule is C=S(=O)(c1ccccn1)N(C)c1cc(OCC(C)=O)cc2cc(C3=NCC(CN4CC[S+]([O-])CC4)S3)[nH]c12. The number of rotatable bonds is 9. The molecule has 2 aliphatic rings. The summed E-state index contributed by atoms with van der Waals surface area (Å²) in [5, 5.41) is 2.48. The van der Waals surface area contributed by atoms with Crippen molar-refractivity contribution in [2.45, 2.75) is 17.2 Å². The van der Waals surface area contributed by atoms with Crippen LogP contribution in [0.25, 0.3) is 10.9 Å². The molecule has 1 fully saturated rings. The molecule has 2 aliphatic heterocycles. The number of aromatic amines is 1. The third-order valence-corrected chi connectivity index (χ3v) is 11.0. The maximum absolute atomic E-state index is 13.8. The van der Waals surface area contributed by atoms with Crippen LogP contribution < -0.4 is 9.04 Å². The molecule has 0 amide bonds. The number of fused-ring (bicyclic) bond motifs is 1. The van der Waals surface area contributed by atoms with Crippen LogP contribution in [0.4, 0.5) is 5.69 Å². The van der Waals surface area contributed by atoms with Gasteiger partial charge in [0.2, 0.25) is 0 Å². The van der Waals surface area contributed by atoms with Gasteiger partial charge in [-0.15, -0.1) is 0 Å². The van der Waals surface area contributed by atoms with E-state index in [9.17, 15) is 13.6 Å². The lowest BCUT2D eigenvalue weighted by atomic mass is 10.2. The summed E-state index contributed by atoms with van der Waals surface area (Å²) in [7, 11) is -1.23. The zero-order chi connectivity index (χ0) is 26.9. The average molecular weight is 574 g/mol. The molecule has 3 aromatic rings. The lowest BCUT2D eigenvalue weighted by Gasteiger charge is -2.29. The van der Waals surface area contributed by atoms with Crippen LogP contribution in [-0.2, 0) is 25.7 Å². The quantitative estimate of drug-likeness (QED) is 0.309. The number of carbonyl (C=O) groups excluding carboxylic acids is 1. The number of aliphatic imine (C=N–C) groups is 1. The number of aromatic nitrogens is 2. The van der Waals surface area contributed by atoms with Crippen molar-refractivity contribution >= 4 is 65.9 Å². The summed E-state index contributed by atoms with van der Waals surface area (Å²) in [5.41, 5.74) is 2.27. The molecule has 4 heterocycles. The highest BCUT2D eigenvalue weighted by Gasteiger charge is 2.28. The number of ketones is 1. The number of pyridine rings is 1.